The van der Waals surface area contributed by atoms with Gasteiger partial charge in [-0.25, -0.2) is 0 Å². The summed E-state index contributed by atoms with van der Waals surface area (Å²) in [6.07, 6.45) is 3.52. The van der Waals surface area contributed by atoms with Crippen LogP contribution in [0.15, 0.2) is 24.3 Å². The Morgan fingerprint density at radius 2 is 1.81 bits per heavy atom. The largest absolute Gasteiger partial charge is 0.312 e. The Kier molecular flexibility index (Phi) is 5.01. The fraction of sp³-hybridized carbons (Fsp3) is 0.600. The van der Waals surface area contributed by atoms with E-state index in [1.165, 1.54) is 24.0 Å². The van der Waals surface area contributed by atoms with E-state index in [4.69, 9.17) is 0 Å². The molecule has 0 unspecified atom stereocenters. The molecular formula is C15H25N. The molecule has 0 aromatic heterocycles. The lowest BCUT2D eigenvalue weighted by Crippen LogP contribution is -2.36. The molecular weight excluding hydrogens is 194 g/mol. The molecule has 0 saturated carbocycles. The molecule has 0 radical (unpaired) electrons. The first kappa shape index (κ1) is 13.2. The molecule has 0 atom stereocenters. The predicted molar refractivity (Wildman–Crippen MR) is 71.9 cm³/mol. The van der Waals surface area contributed by atoms with Gasteiger partial charge in [0.1, 0.15) is 0 Å². The molecule has 1 aromatic rings. The van der Waals surface area contributed by atoms with E-state index < -0.39 is 0 Å². The third-order valence-corrected chi connectivity index (χ3v) is 2.70. The van der Waals surface area contributed by atoms with Crippen molar-refractivity contribution >= 4 is 0 Å². The Morgan fingerprint density at radius 3 is 2.44 bits per heavy atom. The summed E-state index contributed by atoms with van der Waals surface area (Å²) >= 11 is 0. The zero-order valence-electron chi connectivity index (χ0n) is 11.1. The lowest BCUT2D eigenvalue weighted by molar-refractivity contribution is 0.422. The third-order valence-electron chi connectivity index (χ3n) is 2.70. The molecule has 0 saturated heterocycles. The molecule has 0 heterocycles. The average molecular weight is 219 g/mol. The van der Waals surface area contributed by atoms with E-state index in [0.717, 1.165) is 13.0 Å². The highest BCUT2D eigenvalue weighted by Crippen LogP contribution is 2.08. The number of hydrogen-bond acceptors (Lipinski definition) is 1. The minimum atomic E-state index is 0.241. The van der Waals surface area contributed by atoms with Crippen molar-refractivity contribution in [3.8, 4) is 0 Å². The van der Waals surface area contributed by atoms with Gasteiger partial charge >= 0.3 is 0 Å². The van der Waals surface area contributed by atoms with E-state index in [1.54, 1.807) is 0 Å². The van der Waals surface area contributed by atoms with Crippen molar-refractivity contribution in [1.29, 1.82) is 0 Å². The summed E-state index contributed by atoms with van der Waals surface area (Å²) in [6.45, 7) is 9.94. The molecule has 0 bridgehead atoms. The van der Waals surface area contributed by atoms with Gasteiger partial charge in [0, 0.05) is 5.54 Å². The molecule has 0 amide bonds. The number of nitrogens with one attached hydrogen (secondary N) is 1. The molecule has 1 N–H and O–H groups in total. The highest BCUT2D eigenvalue weighted by Gasteiger charge is 2.07. The molecule has 16 heavy (non-hydrogen) atoms. The molecule has 1 heteroatoms. The first-order valence-corrected chi connectivity index (χ1v) is 6.34. The first-order chi connectivity index (χ1) is 7.51. The van der Waals surface area contributed by atoms with Gasteiger partial charge in [-0.3, -0.25) is 0 Å². The predicted octanol–water partition coefficient (Wildman–Crippen LogP) is 3.57. The third kappa shape index (κ3) is 5.32. The molecule has 1 aromatic carbocycles. The number of benzene rings is 1. The minimum absolute atomic E-state index is 0.241. The van der Waals surface area contributed by atoms with Crippen molar-refractivity contribution in [3.05, 3.63) is 35.4 Å². The monoisotopic (exact) mass is 219 g/mol. The summed E-state index contributed by atoms with van der Waals surface area (Å²) in [5, 5.41) is 3.52. The van der Waals surface area contributed by atoms with Crippen molar-refractivity contribution in [2.24, 2.45) is 0 Å². The van der Waals surface area contributed by atoms with Crippen LogP contribution in [0.3, 0.4) is 0 Å². The van der Waals surface area contributed by atoms with Crippen LogP contribution in [-0.2, 0) is 12.8 Å². The van der Waals surface area contributed by atoms with Crippen LogP contribution < -0.4 is 5.32 Å². The van der Waals surface area contributed by atoms with Crippen molar-refractivity contribution in [3.63, 3.8) is 0 Å². The Labute approximate surface area is 100 Å². The Morgan fingerprint density at radius 1 is 1.12 bits per heavy atom. The molecule has 0 aliphatic carbocycles. The quantitative estimate of drug-likeness (QED) is 0.747. The normalized spacial score (nSPS) is 11.8. The van der Waals surface area contributed by atoms with Crippen LogP contribution in [0.4, 0.5) is 0 Å². The van der Waals surface area contributed by atoms with E-state index >= 15 is 0 Å². The van der Waals surface area contributed by atoms with E-state index in [9.17, 15) is 0 Å². The average Bonchev–Trinajstić information content (AvgIpc) is 2.23. The number of aryl methyl sites for hydroxylation is 2. The van der Waals surface area contributed by atoms with E-state index in [-0.39, 0.29) is 5.54 Å². The van der Waals surface area contributed by atoms with Gasteiger partial charge in [-0.2, -0.15) is 0 Å². The van der Waals surface area contributed by atoms with Gasteiger partial charge in [0.05, 0.1) is 0 Å². The zero-order valence-corrected chi connectivity index (χ0v) is 11.1. The van der Waals surface area contributed by atoms with Crippen LogP contribution in [-0.4, -0.2) is 12.1 Å². The first-order valence-electron chi connectivity index (χ1n) is 6.34. The molecule has 1 nitrogen and oxygen atoms in total. The number of hydrogen-bond donors (Lipinski definition) is 1. The zero-order chi connectivity index (χ0) is 12.0. The van der Waals surface area contributed by atoms with E-state index in [0.29, 0.717) is 0 Å². The van der Waals surface area contributed by atoms with Gasteiger partial charge < -0.3 is 5.32 Å². The molecule has 0 spiro atoms. The topological polar surface area (TPSA) is 12.0 Å². The number of rotatable bonds is 5. The summed E-state index contributed by atoms with van der Waals surface area (Å²) < 4.78 is 0. The summed E-state index contributed by atoms with van der Waals surface area (Å²) in [7, 11) is 0. The van der Waals surface area contributed by atoms with Crippen LogP contribution in [0.25, 0.3) is 0 Å². The lowest BCUT2D eigenvalue weighted by atomic mass is 10.0. The maximum Gasteiger partial charge on any atom is 0.00965 e. The summed E-state index contributed by atoms with van der Waals surface area (Å²) in [5.41, 5.74) is 3.15. The highest BCUT2D eigenvalue weighted by atomic mass is 14.9. The smallest absolute Gasteiger partial charge is 0.00965 e. The molecule has 0 fully saturated rings. The highest BCUT2D eigenvalue weighted by molar-refractivity contribution is 5.23. The van der Waals surface area contributed by atoms with Gasteiger partial charge in [-0.1, -0.05) is 31.2 Å². The Bertz CT molecular complexity index is 309. The van der Waals surface area contributed by atoms with Gasteiger partial charge in [-0.05, 0) is 57.7 Å². The maximum atomic E-state index is 3.52. The second-order valence-corrected chi connectivity index (χ2v) is 5.45. The van der Waals surface area contributed by atoms with E-state index in [2.05, 4.69) is 57.3 Å². The van der Waals surface area contributed by atoms with Gasteiger partial charge in [0.15, 0.2) is 0 Å². The summed E-state index contributed by atoms with van der Waals surface area (Å²) in [6, 6.07) is 8.94. The SMILES string of the molecule is CCc1cccc(CCCNC(C)(C)C)c1. The van der Waals surface area contributed by atoms with Gasteiger partial charge in [-0.15, -0.1) is 0 Å². The van der Waals surface area contributed by atoms with Crippen molar-refractivity contribution in [2.45, 2.75) is 52.5 Å². The molecule has 0 aliphatic heterocycles. The summed E-state index contributed by atoms with van der Waals surface area (Å²) in [5.74, 6) is 0. The minimum Gasteiger partial charge on any atom is -0.312 e. The van der Waals surface area contributed by atoms with Gasteiger partial charge in [0.25, 0.3) is 0 Å². The van der Waals surface area contributed by atoms with Gasteiger partial charge in [0.2, 0.25) is 0 Å². The second-order valence-electron chi connectivity index (χ2n) is 5.45. The van der Waals surface area contributed by atoms with E-state index in [1.807, 2.05) is 0 Å². The molecule has 1 rings (SSSR count). The molecule has 90 valence electrons. The van der Waals surface area contributed by atoms with Crippen LogP contribution >= 0.6 is 0 Å². The van der Waals surface area contributed by atoms with Crippen LogP contribution in [0.2, 0.25) is 0 Å². The maximum absolute atomic E-state index is 3.52. The second kappa shape index (κ2) is 6.05. The molecule has 0 aliphatic rings. The van der Waals surface area contributed by atoms with Crippen molar-refractivity contribution in [1.82, 2.24) is 5.32 Å². The fourth-order valence-corrected chi connectivity index (χ4v) is 1.76. The van der Waals surface area contributed by atoms with Crippen LogP contribution in [0.1, 0.15) is 45.2 Å². The Hall–Kier alpha value is -0.820. The fourth-order valence-electron chi connectivity index (χ4n) is 1.76. The lowest BCUT2D eigenvalue weighted by Gasteiger charge is -2.20. The standard InChI is InChI=1S/C15H25N/c1-5-13-8-6-9-14(12-13)10-7-11-16-15(2,3)4/h6,8-9,12,16H,5,7,10-11H2,1-4H3. The Balaban J connectivity index is 2.32. The van der Waals surface area contributed by atoms with Crippen molar-refractivity contribution < 1.29 is 0 Å². The van der Waals surface area contributed by atoms with Crippen LogP contribution in [0.5, 0.6) is 0 Å². The summed E-state index contributed by atoms with van der Waals surface area (Å²) in [4.78, 5) is 0. The van der Waals surface area contributed by atoms with Crippen LogP contribution in [0, 0.1) is 0 Å². The van der Waals surface area contributed by atoms with Crippen molar-refractivity contribution in [2.75, 3.05) is 6.54 Å².